The molecule has 1 atom stereocenters. The van der Waals surface area contributed by atoms with Gasteiger partial charge in [0, 0.05) is 10.5 Å². The van der Waals surface area contributed by atoms with Crippen molar-refractivity contribution in [2.75, 3.05) is 0 Å². The molecule has 0 heterocycles. The van der Waals surface area contributed by atoms with Gasteiger partial charge in [-0.1, -0.05) is 28.1 Å². The van der Waals surface area contributed by atoms with Gasteiger partial charge in [-0.3, -0.25) is 11.3 Å². The van der Waals surface area contributed by atoms with Gasteiger partial charge in [0.1, 0.15) is 17.5 Å². The molecule has 106 valence electrons. The number of hydrazine groups is 1. The first-order chi connectivity index (χ1) is 9.51. The van der Waals surface area contributed by atoms with Crippen molar-refractivity contribution in [3.8, 4) is 0 Å². The quantitative estimate of drug-likeness (QED) is 0.656. The summed E-state index contributed by atoms with van der Waals surface area (Å²) in [4.78, 5) is 0. The van der Waals surface area contributed by atoms with Crippen molar-refractivity contribution < 1.29 is 13.2 Å². The number of benzene rings is 2. The van der Waals surface area contributed by atoms with Crippen LogP contribution in [0.3, 0.4) is 0 Å². The summed E-state index contributed by atoms with van der Waals surface area (Å²) < 4.78 is 40.1. The Morgan fingerprint density at radius 2 is 1.70 bits per heavy atom. The highest BCUT2D eigenvalue weighted by atomic mass is 79.9. The van der Waals surface area contributed by atoms with E-state index in [0.717, 1.165) is 6.07 Å². The van der Waals surface area contributed by atoms with Crippen LogP contribution in [0.2, 0.25) is 0 Å². The van der Waals surface area contributed by atoms with Crippen molar-refractivity contribution in [2.24, 2.45) is 5.84 Å². The standard InChI is InChI=1S/C14H12BrF3N2/c15-12-6-9(16)3-4-11(12)14(20-19)5-8-1-2-10(17)7-13(8)18/h1-4,6-7,14,20H,5,19H2. The highest BCUT2D eigenvalue weighted by Crippen LogP contribution is 2.27. The van der Waals surface area contributed by atoms with E-state index in [4.69, 9.17) is 5.84 Å². The minimum absolute atomic E-state index is 0.215. The molecule has 0 aliphatic rings. The van der Waals surface area contributed by atoms with Crippen LogP contribution in [0, 0.1) is 17.5 Å². The molecule has 0 spiro atoms. The van der Waals surface area contributed by atoms with Gasteiger partial charge in [0.25, 0.3) is 0 Å². The predicted octanol–water partition coefficient (Wildman–Crippen LogP) is 3.61. The Hall–Kier alpha value is -1.37. The lowest BCUT2D eigenvalue weighted by Gasteiger charge is -2.18. The van der Waals surface area contributed by atoms with E-state index in [1.54, 1.807) is 6.07 Å². The Kier molecular flexibility index (Phi) is 4.80. The number of rotatable bonds is 4. The minimum atomic E-state index is -0.636. The third kappa shape index (κ3) is 3.39. The summed E-state index contributed by atoms with van der Waals surface area (Å²) in [7, 11) is 0. The van der Waals surface area contributed by atoms with E-state index in [1.807, 2.05) is 0 Å². The van der Waals surface area contributed by atoms with Gasteiger partial charge in [0.05, 0.1) is 6.04 Å². The summed E-state index contributed by atoms with van der Waals surface area (Å²) in [5, 5.41) is 0. The third-order valence-corrected chi connectivity index (χ3v) is 3.67. The molecule has 2 aromatic rings. The monoisotopic (exact) mass is 344 g/mol. The average Bonchev–Trinajstić information content (AvgIpc) is 2.39. The Balaban J connectivity index is 2.28. The first-order valence-electron chi connectivity index (χ1n) is 5.86. The van der Waals surface area contributed by atoms with Crippen molar-refractivity contribution in [2.45, 2.75) is 12.5 Å². The van der Waals surface area contributed by atoms with E-state index in [0.29, 0.717) is 15.6 Å². The number of halogens is 4. The molecule has 0 aliphatic carbocycles. The van der Waals surface area contributed by atoms with Crippen molar-refractivity contribution in [3.05, 3.63) is 69.4 Å². The maximum atomic E-state index is 13.6. The molecule has 2 aromatic carbocycles. The fourth-order valence-electron chi connectivity index (χ4n) is 1.95. The number of hydrogen-bond donors (Lipinski definition) is 2. The molecular formula is C14H12BrF3N2. The molecule has 0 aliphatic heterocycles. The van der Waals surface area contributed by atoms with Crippen LogP contribution in [0.1, 0.15) is 17.2 Å². The van der Waals surface area contributed by atoms with Gasteiger partial charge in [0.2, 0.25) is 0 Å². The van der Waals surface area contributed by atoms with Crippen LogP contribution in [0.4, 0.5) is 13.2 Å². The highest BCUT2D eigenvalue weighted by Gasteiger charge is 2.16. The van der Waals surface area contributed by atoms with Gasteiger partial charge in [-0.2, -0.15) is 0 Å². The first-order valence-corrected chi connectivity index (χ1v) is 6.65. The van der Waals surface area contributed by atoms with E-state index in [2.05, 4.69) is 21.4 Å². The number of nitrogens with two attached hydrogens (primary N) is 1. The molecule has 0 fully saturated rings. The molecule has 0 radical (unpaired) electrons. The second-order valence-corrected chi connectivity index (χ2v) is 5.18. The molecule has 0 aromatic heterocycles. The maximum Gasteiger partial charge on any atom is 0.129 e. The average molecular weight is 345 g/mol. The number of hydrogen-bond acceptors (Lipinski definition) is 2. The molecule has 2 nitrogen and oxygen atoms in total. The van der Waals surface area contributed by atoms with Gasteiger partial charge >= 0.3 is 0 Å². The topological polar surface area (TPSA) is 38.0 Å². The van der Waals surface area contributed by atoms with Crippen LogP contribution in [-0.4, -0.2) is 0 Å². The molecule has 6 heteroatoms. The summed E-state index contributed by atoms with van der Waals surface area (Å²) in [5.74, 6) is 3.83. The van der Waals surface area contributed by atoms with Crippen LogP contribution in [-0.2, 0) is 6.42 Å². The summed E-state index contributed by atoms with van der Waals surface area (Å²) in [6.45, 7) is 0. The molecule has 0 saturated carbocycles. The molecule has 0 bridgehead atoms. The van der Waals surface area contributed by atoms with Crippen molar-refractivity contribution >= 4 is 15.9 Å². The van der Waals surface area contributed by atoms with E-state index in [-0.39, 0.29) is 12.2 Å². The van der Waals surface area contributed by atoms with Crippen molar-refractivity contribution in [1.29, 1.82) is 0 Å². The molecule has 0 saturated heterocycles. The second kappa shape index (κ2) is 6.39. The zero-order valence-electron chi connectivity index (χ0n) is 10.3. The Morgan fingerprint density at radius 1 is 1.05 bits per heavy atom. The van der Waals surface area contributed by atoms with Gasteiger partial charge < -0.3 is 0 Å². The van der Waals surface area contributed by atoms with E-state index in [1.165, 1.54) is 24.3 Å². The molecule has 2 rings (SSSR count). The Morgan fingerprint density at radius 3 is 2.30 bits per heavy atom. The van der Waals surface area contributed by atoms with E-state index < -0.39 is 17.7 Å². The maximum absolute atomic E-state index is 13.6. The lowest BCUT2D eigenvalue weighted by molar-refractivity contribution is 0.519. The molecule has 3 N–H and O–H groups in total. The van der Waals surface area contributed by atoms with Crippen LogP contribution >= 0.6 is 15.9 Å². The summed E-state index contributed by atoms with van der Waals surface area (Å²) >= 11 is 3.24. The largest absolute Gasteiger partial charge is 0.271 e. The van der Waals surface area contributed by atoms with Gasteiger partial charge in [-0.15, -0.1) is 0 Å². The lowest BCUT2D eigenvalue weighted by atomic mass is 9.99. The lowest BCUT2D eigenvalue weighted by Crippen LogP contribution is -2.30. The van der Waals surface area contributed by atoms with Crippen LogP contribution in [0.5, 0.6) is 0 Å². The smallest absolute Gasteiger partial charge is 0.129 e. The van der Waals surface area contributed by atoms with E-state index >= 15 is 0 Å². The zero-order valence-corrected chi connectivity index (χ0v) is 11.9. The molecular weight excluding hydrogens is 333 g/mol. The minimum Gasteiger partial charge on any atom is -0.271 e. The third-order valence-electron chi connectivity index (χ3n) is 2.98. The first kappa shape index (κ1) is 15.0. The Bertz CT molecular complexity index is 619. The SMILES string of the molecule is NNC(Cc1ccc(F)cc1F)c1ccc(F)cc1Br. The normalized spacial score (nSPS) is 12.4. The number of nitrogens with one attached hydrogen (secondary N) is 1. The zero-order chi connectivity index (χ0) is 14.7. The predicted molar refractivity (Wildman–Crippen MR) is 74.2 cm³/mol. The van der Waals surface area contributed by atoms with Crippen molar-refractivity contribution in [3.63, 3.8) is 0 Å². The molecule has 1 unspecified atom stereocenters. The fraction of sp³-hybridized carbons (Fsp3) is 0.143. The van der Waals surface area contributed by atoms with Crippen LogP contribution < -0.4 is 11.3 Å². The van der Waals surface area contributed by atoms with Crippen molar-refractivity contribution in [1.82, 2.24) is 5.43 Å². The fourth-order valence-corrected chi connectivity index (χ4v) is 2.58. The van der Waals surface area contributed by atoms with Crippen LogP contribution in [0.15, 0.2) is 40.9 Å². The van der Waals surface area contributed by atoms with Gasteiger partial charge in [-0.25, -0.2) is 13.2 Å². The van der Waals surface area contributed by atoms with Gasteiger partial charge in [-0.05, 0) is 35.7 Å². The van der Waals surface area contributed by atoms with Gasteiger partial charge in [0.15, 0.2) is 0 Å². The summed E-state index contributed by atoms with van der Waals surface area (Å²) in [5.41, 5.74) is 3.57. The molecule has 0 amide bonds. The van der Waals surface area contributed by atoms with E-state index in [9.17, 15) is 13.2 Å². The summed E-state index contributed by atoms with van der Waals surface area (Å²) in [6, 6.07) is 7.11. The molecule has 20 heavy (non-hydrogen) atoms. The highest BCUT2D eigenvalue weighted by molar-refractivity contribution is 9.10. The Labute approximate surface area is 122 Å². The second-order valence-electron chi connectivity index (χ2n) is 4.32. The summed E-state index contributed by atoms with van der Waals surface area (Å²) in [6.07, 6.45) is 0.215. The van der Waals surface area contributed by atoms with Crippen LogP contribution in [0.25, 0.3) is 0 Å².